The lowest BCUT2D eigenvalue weighted by atomic mass is 10.2. The van der Waals surface area contributed by atoms with Crippen molar-refractivity contribution in [2.24, 2.45) is 0 Å². The number of hydrogen-bond acceptors (Lipinski definition) is 6. The summed E-state index contributed by atoms with van der Waals surface area (Å²) in [6.45, 7) is 3.75. The molecule has 28 heavy (non-hydrogen) atoms. The minimum absolute atomic E-state index is 0.204. The molecule has 0 amide bonds. The number of fused-ring (bicyclic) bond motifs is 3. The number of aryl methyl sites for hydroxylation is 1. The minimum Gasteiger partial charge on any atom is -0.495 e. The molecule has 0 aliphatic carbocycles. The largest absolute Gasteiger partial charge is 0.495 e. The summed E-state index contributed by atoms with van der Waals surface area (Å²) in [6.07, 6.45) is 0. The average molecular weight is 391 g/mol. The normalized spacial score (nSPS) is 12.2. The van der Waals surface area contributed by atoms with Crippen LogP contribution < -0.4 is 10.3 Å². The summed E-state index contributed by atoms with van der Waals surface area (Å²) in [5.41, 5.74) is 2.08. The number of methoxy groups -OCH3 is 1. The van der Waals surface area contributed by atoms with E-state index in [4.69, 9.17) is 4.74 Å². The van der Waals surface area contributed by atoms with Gasteiger partial charge in [-0.1, -0.05) is 30.0 Å². The molecule has 7 nitrogen and oxygen atoms in total. The highest BCUT2D eigenvalue weighted by Gasteiger charge is 2.21. The molecule has 0 radical (unpaired) electrons. The third-order valence-electron chi connectivity index (χ3n) is 4.43. The van der Waals surface area contributed by atoms with E-state index in [2.05, 4.69) is 16.3 Å². The van der Waals surface area contributed by atoms with Gasteiger partial charge in [-0.15, -0.1) is 10.2 Å². The molecule has 0 aliphatic heterocycles. The smallest absolute Gasteiger partial charge is 0.267 e. The standard InChI is InChI=1S/C20H17N5O2S/c1-12-8-9-17(27-3)16(10-12)24-18(26)14-6-4-5-7-15(14)25-19(24)22-23-20(25)28-13(2)11-21/h4-10,13H,1-3H3/t13-/m0/s1. The van der Waals surface area contributed by atoms with E-state index in [0.29, 0.717) is 33.3 Å². The molecular formula is C20H17N5O2S. The second-order valence-corrected chi connectivity index (χ2v) is 7.65. The predicted octanol–water partition coefficient (Wildman–Crippen LogP) is 3.35. The average Bonchev–Trinajstić information content (AvgIpc) is 3.11. The number of rotatable bonds is 4. The Balaban J connectivity index is 2.16. The van der Waals surface area contributed by atoms with Crippen LogP contribution >= 0.6 is 11.8 Å². The predicted molar refractivity (Wildman–Crippen MR) is 108 cm³/mol. The summed E-state index contributed by atoms with van der Waals surface area (Å²) in [4.78, 5) is 13.4. The molecule has 140 valence electrons. The molecule has 2 aromatic heterocycles. The molecule has 0 saturated heterocycles. The molecule has 8 heteroatoms. The number of aromatic nitrogens is 4. The van der Waals surface area contributed by atoms with Crippen molar-refractivity contribution in [1.29, 1.82) is 5.26 Å². The second-order valence-electron chi connectivity index (χ2n) is 6.34. The van der Waals surface area contributed by atoms with Crippen molar-refractivity contribution in [2.45, 2.75) is 24.3 Å². The van der Waals surface area contributed by atoms with Gasteiger partial charge in [0.2, 0.25) is 5.78 Å². The number of ether oxygens (including phenoxy) is 1. The Morgan fingerprint density at radius 1 is 1.21 bits per heavy atom. The van der Waals surface area contributed by atoms with Gasteiger partial charge in [0.15, 0.2) is 5.16 Å². The van der Waals surface area contributed by atoms with E-state index in [1.54, 1.807) is 20.1 Å². The fourth-order valence-electron chi connectivity index (χ4n) is 3.13. The van der Waals surface area contributed by atoms with Gasteiger partial charge in [0, 0.05) is 0 Å². The van der Waals surface area contributed by atoms with Gasteiger partial charge in [-0.3, -0.25) is 9.20 Å². The Hall–Kier alpha value is -3.31. The van der Waals surface area contributed by atoms with E-state index in [0.717, 1.165) is 5.56 Å². The quantitative estimate of drug-likeness (QED) is 0.496. The van der Waals surface area contributed by atoms with Gasteiger partial charge in [-0.2, -0.15) is 5.26 Å². The van der Waals surface area contributed by atoms with Crippen LogP contribution in [0.15, 0.2) is 52.4 Å². The highest BCUT2D eigenvalue weighted by molar-refractivity contribution is 8.00. The SMILES string of the molecule is COc1ccc(C)cc1-n1c(=O)c2ccccc2n2c(S[C@@H](C)C#N)nnc12. The van der Waals surface area contributed by atoms with Gasteiger partial charge in [-0.05, 0) is 43.7 Å². The Labute approximate surface area is 165 Å². The lowest BCUT2D eigenvalue weighted by molar-refractivity contribution is 0.412. The van der Waals surface area contributed by atoms with Crippen LogP contribution in [0.5, 0.6) is 5.75 Å². The number of para-hydroxylation sites is 1. The van der Waals surface area contributed by atoms with E-state index in [1.165, 1.54) is 16.3 Å². The molecule has 0 bridgehead atoms. The zero-order valence-corrected chi connectivity index (χ0v) is 16.4. The first kappa shape index (κ1) is 18.1. The molecule has 2 heterocycles. The highest BCUT2D eigenvalue weighted by atomic mass is 32.2. The van der Waals surface area contributed by atoms with Gasteiger partial charge < -0.3 is 4.74 Å². The Morgan fingerprint density at radius 2 is 2.00 bits per heavy atom. The van der Waals surface area contributed by atoms with Crippen molar-refractivity contribution < 1.29 is 4.74 Å². The monoisotopic (exact) mass is 391 g/mol. The number of nitrogens with zero attached hydrogens (tertiary/aromatic N) is 5. The van der Waals surface area contributed by atoms with Crippen LogP contribution in [-0.4, -0.2) is 31.5 Å². The molecule has 0 fully saturated rings. The summed E-state index contributed by atoms with van der Waals surface area (Å²) in [7, 11) is 1.57. The van der Waals surface area contributed by atoms with E-state index in [9.17, 15) is 10.1 Å². The maximum absolute atomic E-state index is 13.4. The fourth-order valence-corrected chi connectivity index (χ4v) is 3.87. The Bertz CT molecular complexity index is 1300. The number of thioether (sulfide) groups is 1. The van der Waals surface area contributed by atoms with Crippen LogP contribution in [0.1, 0.15) is 12.5 Å². The Morgan fingerprint density at radius 3 is 2.75 bits per heavy atom. The van der Waals surface area contributed by atoms with Crippen LogP contribution in [-0.2, 0) is 0 Å². The maximum atomic E-state index is 13.4. The summed E-state index contributed by atoms with van der Waals surface area (Å²) in [6, 6.07) is 15.1. The van der Waals surface area contributed by atoms with Gasteiger partial charge >= 0.3 is 0 Å². The molecule has 0 saturated carbocycles. The first-order valence-corrected chi connectivity index (χ1v) is 9.53. The van der Waals surface area contributed by atoms with Gasteiger partial charge in [0.1, 0.15) is 5.75 Å². The number of hydrogen-bond donors (Lipinski definition) is 0. The molecule has 4 rings (SSSR count). The summed E-state index contributed by atoms with van der Waals surface area (Å²) >= 11 is 1.30. The molecule has 0 spiro atoms. The number of nitriles is 1. The minimum atomic E-state index is -0.306. The molecule has 1 atom stereocenters. The lowest BCUT2D eigenvalue weighted by Crippen LogP contribution is -2.22. The van der Waals surface area contributed by atoms with E-state index in [1.807, 2.05) is 47.7 Å². The third kappa shape index (κ3) is 2.80. The van der Waals surface area contributed by atoms with E-state index in [-0.39, 0.29) is 10.8 Å². The van der Waals surface area contributed by atoms with Crippen molar-refractivity contribution in [2.75, 3.05) is 7.11 Å². The third-order valence-corrected chi connectivity index (χ3v) is 5.37. The summed E-state index contributed by atoms with van der Waals surface area (Å²) < 4.78 is 8.83. The lowest BCUT2D eigenvalue weighted by Gasteiger charge is -2.14. The molecule has 0 aliphatic rings. The molecule has 4 aromatic rings. The van der Waals surface area contributed by atoms with Crippen LogP contribution in [0, 0.1) is 18.3 Å². The van der Waals surface area contributed by atoms with Crippen molar-refractivity contribution in [3.8, 4) is 17.5 Å². The second kappa shape index (κ2) is 7.02. The van der Waals surface area contributed by atoms with Gasteiger partial charge in [0.05, 0.1) is 35.0 Å². The van der Waals surface area contributed by atoms with Crippen LogP contribution in [0.4, 0.5) is 0 Å². The maximum Gasteiger partial charge on any atom is 0.267 e. The molecular weight excluding hydrogens is 374 g/mol. The van der Waals surface area contributed by atoms with Crippen molar-refractivity contribution in [3.05, 3.63) is 58.4 Å². The fraction of sp³-hybridized carbons (Fsp3) is 0.200. The number of benzene rings is 2. The van der Waals surface area contributed by atoms with Gasteiger partial charge in [0.25, 0.3) is 5.56 Å². The van der Waals surface area contributed by atoms with Crippen molar-refractivity contribution in [3.63, 3.8) is 0 Å². The first-order chi connectivity index (χ1) is 13.5. The zero-order chi connectivity index (χ0) is 19.8. The molecule has 0 unspecified atom stereocenters. The Kier molecular flexibility index (Phi) is 4.53. The van der Waals surface area contributed by atoms with Gasteiger partial charge in [-0.25, -0.2) is 4.57 Å². The highest BCUT2D eigenvalue weighted by Crippen LogP contribution is 2.28. The van der Waals surface area contributed by atoms with E-state index >= 15 is 0 Å². The summed E-state index contributed by atoms with van der Waals surface area (Å²) in [5, 5.41) is 18.5. The van der Waals surface area contributed by atoms with Crippen LogP contribution in [0.2, 0.25) is 0 Å². The molecule has 2 aromatic carbocycles. The molecule has 0 N–H and O–H groups in total. The van der Waals surface area contributed by atoms with Crippen molar-refractivity contribution in [1.82, 2.24) is 19.2 Å². The van der Waals surface area contributed by atoms with Crippen molar-refractivity contribution >= 4 is 28.4 Å². The van der Waals surface area contributed by atoms with Crippen LogP contribution in [0.25, 0.3) is 22.4 Å². The first-order valence-electron chi connectivity index (χ1n) is 8.65. The van der Waals surface area contributed by atoms with E-state index < -0.39 is 0 Å². The summed E-state index contributed by atoms with van der Waals surface area (Å²) in [5.74, 6) is 0.938. The van der Waals surface area contributed by atoms with Crippen LogP contribution in [0.3, 0.4) is 0 Å². The zero-order valence-electron chi connectivity index (χ0n) is 15.6. The topological polar surface area (TPSA) is 85.2 Å².